The summed E-state index contributed by atoms with van der Waals surface area (Å²) in [5.74, 6) is 3.27. The maximum Gasteiger partial charge on any atom is 0.136 e. The van der Waals surface area contributed by atoms with Gasteiger partial charge in [-0.2, -0.15) is 0 Å². The number of nitrogen functional groups attached to an aromatic ring is 1. The Balaban J connectivity index is 1.88. The Morgan fingerprint density at radius 1 is 1.25 bits per heavy atom. The van der Waals surface area contributed by atoms with Crippen LogP contribution in [0.1, 0.15) is 24.6 Å². The first-order chi connectivity index (χ1) is 9.64. The molecule has 3 rings (SSSR count). The highest BCUT2D eigenvalue weighted by atomic mass is 79.9. The first-order valence-electron chi connectivity index (χ1n) is 6.40. The van der Waals surface area contributed by atoms with Gasteiger partial charge in [-0.3, -0.25) is 0 Å². The standard InChI is InChI=1S/C14H15BrN4O/c1-20-11-5-9(15)4-10(6-11)17-13-7-12(16)18-14(19-13)8-2-3-8/h4-8H,2-3H2,1H3,(H3,16,17,18,19). The molecule has 0 bridgehead atoms. The summed E-state index contributed by atoms with van der Waals surface area (Å²) in [6.07, 6.45) is 2.29. The van der Waals surface area contributed by atoms with E-state index in [-0.39, 0.29) is 0 Å². The Kier molecular flexibility index (Phi) is 3.48. The minimum Gasteiger partial charge on any atom is -0.497 e. The highest BCUT2D eigenvalue weighted by Gasteiger charge is 2.27. The Morgan fingerprint density at radius 2 is 2.05 bits per heavy atom. The number of benzene rings is 1. The number of nitrogens with zero attached hydrogens (tertiary/aromatic N) is 2. The van der Waals surface area contributed by atoms with Crippen molar-refractivity contribution in [2.75, 3.05) is 18.2 Å². The molecule has 1 aliphatic carbocycles. The molecule has 0 saturated heterocycles. The molecule has 6 heteroatoms. The molecule has 0 amide bonds. The minimum absolute atomic E-state index is 0.469. The number of anilines is 3. The number of methoxy groups -OCH3 is 1. The van der Waals surface area contributed by atoms with E-state index in [1.807, 2.05) is 18.2 Å². The van der Waals surface area contributed by atoms with E-state index >= 15 is 0 Å². The number of nitrogens with two attached hydrogens (primary N) is 1. The van der Waals surface area contributed by atoms with Gasteiger partial charge in [0.1, 0.15) is 23.2 Å². The Bertz CT molecular complexity index is 643. The fraction of sp³-hybridized carbons (Fsp3) is 0.286. The maximum absolute atomic E-state index is 5.84. The molecule has 1 aliphatic rings. The molecule has 0 unspecified atom stereocenters. The highest BCUT2D eigenvalue weighted by molar-refractivity contribution is 9.10. The number of nitrogens with one attached hydrogen (secondary N) is 1. The number of hydrogen-bond donors (Lipinski definition) is 2. The third-order valence-electron chi connectivity index (χ3n) is 3.09. The number of rotatable bonds is 4. The second kappa shape index (κ2) is 5.28. The van der Waals surface area contributed by atoms with Crippen molar-refractivity contribution in [1.29, 1.82) is 0 Å². The molecular weight excluding hydrogens is 320 g/mol. The summed E-state index contributed by atoms with van der Waals surface area (Å²) >= 11 is 3.45. The minimum atomic E-state index is 0.469. The molecule has 3 N–H and O–H groups in total. The zero-order valence-electron chi connectivity index (χ0n) is 11.1. The normalized spacial score (nSPS) is 14.1. The second-order valence-corrected chi connectivity index (χ2v) is 5.73. The summed E-state index contributed by atoms with van der Waals surface area (Å²) < 4.78 is 6.18. The van der Waals surface area contributed by atoms with Gasteiger partial charge in [-0.1, -0.05) is 15.9 Å². The number of hydrogen-bond acceptors (Lipinski definition) is 5. The molecule has 1 aromatic carbocycles. The van der Waals surface area contributed by atoms with Gasteiger partial charge in [-0.15, -0.1) is 0 Å². The lowest BCUT2D eigenvalue weighted by molar-refractivity contribution is 0.415. The van der Waals surface area contributed by atoms with Crippen LogP contribution in [0.5, 0.6) is 5.75 Å². The molecule has 1 saturated carbocycles. The van der Waals surface area contributed by atoms with Crippen LogP contribution in [-0.4, -0.2) is 17.1 Å². The van der Waals surface area contributed by atoms with Crippen molar-refractivity contribution < 1.29 is 4.74 Å². The zero-order chi connectivity index (χ0) is 14.1. The van der Waals surface area contributed by atoms with Crippen LogP contribution in [0.3, 0.4) is 0 Å². The van der Waals surface area contributed by atoms with Gasteiger partial charge in [0.25, 0.3) is 0 Å². The molecule has 1 heterocycles. The van der Waals surface area contributed by atoms with Crippen LogP contribution in [0.15, 0.2) is 28.7 Å². The summed E-state index contributed by atoms with van der Waals surface area (Å²) in [6.45, 7) is 0. The van der Waals surface area contributed by atoms with Crippen molar-refractivity contribution in [1.82, 2.24) is 9.97 Å². The van der Waals surface area contributed by atoms with Crippen molar-refractivity contribution in [3.05, 3.63) is 34.6 Å². The average Bonchev–Trinajstić information content (AvgIpc) is 3.21. The lowest BCUT2D eigenvalue weighted by atomic mass is 10.3. The third kappa shape index (κ3) is 3.01. The largest absolute Gasteiger partial charge is 0.497 e. The van der Waals surface area contributed by atoms with Crippen LogP contribution in [-0.2, 0) is 0 Å². The number of ether oxygens (including phenoxy) is 1. The van der Waals surface area contributed by atoms with Gasteiger partial charge in [0.15, 0.2) is 0 Å². The predicted octanol–water partition coefficient (Wildman–Crippen LogP) is 3.45. The van der Waals surface area contributed by atoms with Crippen LogP contribution < -0.4 is 15.8 Å². The lowest BCUT2D eigenvalue weighted by Gasteiger charge is -2.10. The van der Waals surface area contributed by atoms with Crippen LogP contribution >= 0.6 is 15.9 Å². The quantitative estimate of drug-likeness (QED) is 0.895. The van der Waals surface area contributed by atoms with E-state index in [1.54, 1.807) is 13.2 Å². The Hall–Kier alpha value is -1.82. The molecule has 0 spiro atoms. The second-order valence-electron chi connectivity index (χ2n) is 4.82. The predicted molar refractivity (Wildman–Crippen MR) is 82.4 cm³/mol. The van der Waals surface area contributed by atoms with E-state index in [9.17, 15) is 0 Å². The fourth-order valence-electron chi connectivity index (χ4n) is 1.97. The molecule has 1 fully saturated rings. The molecule has 2 aromatic rings. The SMILES string of the molecule is COc1cc(Br)cc(Nc2cc(N)nc(C3CC3)n2)c1. The van der Waals surface area contributed by atoms with Gasteiger partial charge in [0.2, 0.25) is 0 Å². The topological polar surface area (TPSA) is 73.1 Å². The summed E-state index contributed by atoms with van der Waals surface area (Å²) in [5.41, 5.74) is 6.72. The van der Waals surface area contributed by atoms with Crippen molar-refractivity contribution in [3.63, 3.8) is 0 Å². The smallest absolute Gasteiger partial charge is 0.136 e. The van der Waals surface area contributed by atoms with E-state index < -0.39 is 0 Å². The molecule has 104 valence electrons. The molecule has 5 nitrogen and oxygen atoms in total. The number of halogens is 1. The van der Waals surface area contributed by atoms with Gasteiger partial charge < -0.3 is 15.8 Å². The van der Waals surface area contributed by atoms with Gasteiger partial charge in [0, 0.05) is 28.2 Å². The molecule has 20 heavy (non-hydrogen) atoms. The van der Waals surface area contributed by atoms with Gasteiger partial charge >= 0.3 is 0 Å². The van der Waals surface area contributed by atoms with Crippen molar-refractivity contribution >= 4 is 33.3 Å². The molecule has 0 radical (unpaired) electrons. The van der Waals surface area contributed by atoms with E-state index in [1.165, 1.54) is 0 Å². The lowest BCUT2D eigenvalue weighted by Crippen LogP contribution is -2.02. The summed E-state index contributed by atoms with van der Waals surface area (Å²) in [7, 11) is 1.64. The molecule has 1 aromatic heterocycles. The third-order valence-corrected chi connectivity index (χ3v) is 3.54. The Labute approximate surface area is 125 Å². The number of aromatic nitrogens is 2. The van der Waals surface area contributed by atoms with Crippen LogP contribution in [0.25, 0.3) is 0 Å². The van der Waals surface area contributed by atoms with Crippen LogP contribution in [0, 0.1) is 0 Å². The average molecular weight is 335 g/mol. The summed E-state index contributed by atoms with van der Waals surface area (Å²) in [4.78, 5) is 8.80. The first-order valence-corrected chi connectivity index (χ1v) is 7.19. The van der Waals surface area contributed by atoms with Crippen LogP contribution in [0.2, 0.25) is 0 Å². The highest BCUT2D eigenvalue weighted by Crippen LogP contribution is 2.39. The van der Waals surface area contributed by atoms with E-state index in [2.05, 4.69) is 31.2 Å². The molecular formula is C14H15BrN4O. The zero-order valence-corrected chi connectivity index (χ0v) is 12.6. The summed E-state index contributed by atoms with van der Waals surface area (Å²) in [6, 6.07) is 7.49. The van der Waals surface area contributed by atoms with E-state index in [4.69, 9.17) is 10.5 Å². The van der Waals surface area contributed by atoms with E-state index in [0.717, 1.165) is 34.6 Å². The van der Waals surface area contributed by atoms with Crippen LogP contribution in [0.4, 0.5) is 17.3 Å². The Morgan fingerprint density at radius 3 is 2.75 bits per heavy atom. The molecule has 0 aliphatic heterocycles. The van der Waals surface area contributed by atoms with Crippen molar-refractivity contribution in [2.45, 2.75) is 18.8 Å². The first kappa shape index (κ1) is 13.2. The van der Waals surface area contributed by atoms with Crippen molar-refractivity contribution in [2.24, 2.45) is 0 Å². The molecule has 0 atom stereocenters. The fourth-order valence-corrected chi connectivity index (χ4v) is 2.45. The van der Waals surface area contributed by atoms with Gasteiger partial charge in [-0.25, -0.2) is 9.97 Å². The monoisotopic (exact) mass is 334 g/mol. The van der Waals surface area contributed by atoms with Crippen molar-refractivity contribution in [3.8, 4) is 5.75 Å². The van der Waals surface area contributed by atoms with E-state index in [0.29, 0.717) is 17.6 Å². The van der Waals surface area contributed by atoms with Gasteiger partial charge in [0.05, 0.1) is 7.11 Å². The van der Waals surface area contributed by atoms with Gasteiger partial charge in [-0.05, 0) is 25.0 Å². The summed E-state index contributed by atoms with van der Waals surface area (Å²) in [5, 5.41) is 3.24. The maximum atomic E-state index is 5.84.